The predicted molar refractivity (Wildman–Crippen MR) is 70.9 cm³/mol. The Morgan fingerprint density at radius 3 is 2.78 bits per heavy atom. The van der Waals surface area contributed by atoms with Gasteiger partial charge in [-0.3, -0.25) is 9.59 Å². The molecule has 1 rings (SSSR count). The Labute approximate surface area is 109 Å². The molecule has 3 N–H and O–H groups in total. The monoisotopic (exact) mass is 255 g/mol. The zero-order chi connectivity index (χ0) is 13.4. The van der Waals surface area contributed by atoms with Crippen LogP contribution in [-0.4, -0.2) is 42.9 Å². The number of rotatable bonds is 7. The van der Waals surface area contributed by atoms with Gasteiger partial charge in [0.05, 0.1) is 6.54 Å². The molecule has 1 aliphatic rings. The molecule has 2 amide bonds. The summed E-state index contributed by atoms with van der Waals surface area (Å²) in [6, 6.07) is 0. The van der Waals surface area contributed by atoms with Gasteiger partial charge >= 0.3 is 0 Å². The fraction of sp³-hybridized carbons (Fsp3) is 0.846. The van der Waals surface area contributed by atoms with Gasteiger partial charge in [-0.2, -0.15) is 0 Å². The molecule has 0 aromatic rings. The molecule has 1 aliphatic heterocycles. The maximum Gasteiger partial charge on any atom is 0.237 e. The Bertz CT molecular complexity index is 275. The van der Waals surface area contributed by atoms with E-state index in [1.807, 2.05) is 0 Å². The zero-order valence-corrected chi connectivity index (χ0v) is 11.3. The third-order valence-corrected chi connectivity index (χ3v) is 3.34. The molecule has 104 valence electrons. The number of carbonyl (C=O) groups is 2. The normalized spacial score (nSPS) is 19.5. The fourth-order valence-electron chi connectivity index (χ4n) is 2.30. The van der Waals surface area contributed by atoms with Gasteiger partial charge in [0.2, 0.25) is 11.8 Å². The highest BCUT2D eigenvalue weighted by atomic mass is 16.2. The van der Waals surface area contributed by atoms with Crippen molar-refractivity contribution in [1.82, 2.24) is 10.2 Å². The molecular formula is C13H25N3O2. The van der Waals surface area contributed by atoms with Crippen LogP contribution in [-0.2, 0) is 9.59 Å². The molecule has 5 nitrogen and oxygen atoms in total. The lowest BCUT2D eigenvalue weighted by Crippen LogP contribution is -2.41. The van der Waals surface area contributed by atoms with E-state index in [2.05, 4.69) is 12.2 Å². The Balaban J connectivity index is 2.43. The highest BCUT2D eigenvalue weighted by Crippen LogP contribution is 2.15. The van der Waals surface area contributed by atoms with Crippen molar-refractivity contribution in [2.45, 2.75) is 39.0 Å². The van der Waals surface area contributed by atoms with Gasteiger partial charge in [0.15, 0.2) is 0 Å². The van der Waals surface area contributed by atoms with E-state index >= 15 is 0 Å². The van der Waals surface area contributed by atoms with Crippen LogP contribution in [0.1, 0.15) is 39.0 Å². The van der Waals surface area contributed by atoms with E-state index in [0.717, 1.165) is 38.8 Å². The van der Waals surface area contributed by atoms with Gasteiger partial charge in [0.25, 0.3) is 0 Å². The van der Waals surface area contributed by atoms with Gasteiger partial charge < -0.3 is 16.0 Å². The third kappa shape index (κ3) is 5.49. The number of amides is 2. The minimum atomic E-state index is -0.429. The Kier molecular flexibility index (Phi) is 6.72. The maximum atomic E-state index is 12.1. The van der Waals surface area contributed by atoms with Gasteiger partial charge in [0.1, 0.15) is 0 Å². The predicted octanol–water partition coefficient (Wildman–Crippen LogP) is 0.490. The summed E-state index contributed by atoms with van der Waals surface area (Å²) in [6.07, 6.45) is 4.68. The van der Waals surface area contributed by atoms with E-state index in [4.69, 9.17) is 5.73 Å². The van der Waals surface area contributed by atoms with Crippen LogP contribution in [0.15, 0.2) is 0 Å². The van der Waals surface area contributed by atoms with Gasteiger partial charge in [0, 0.05) is 13.0 Å². The van der Waals surface area contributed by atoms with Crippen molar-refractivity contribution >= 4 is 11.8 Å². The molecule has 0 aliphatic carbocycles. The second-order valence-corrected chi connectivity index (χ2v) is 5.05. The number of unbranched alkanes of at least 4 members (excludes halogenated alkanes) is 1. The van der Waals surface area contributed by atoms with Crippen LogP contribution in [0.3, 0.4) is 0 Å². The first kappa shape index (κ1) is 15.0. The minimum Gasteiger partial charge on any atom is -0.368 e. The van der Waals surface area contributed by atoms with Crippen LogP contribution < -0.4 is 11.1 Å². The van der Waals surface area contributed by atoms with Crippen molar-refractivity contribution in [3.05, 3.63) is 0 Å². The van der Waals surface area contributed by atoms with Crippen LogP contribution in [0.5, 0.6) is 0 Å². The van der Waals surface area contributed by atoms with Crippen molar-refractivity contribution in [3.63, 3.8) is 0 Å². The van der Waals surface area contributed by atoms with Gasteiger partial charge in [-0.1, -0.05) is 13.3 Å². The second-order valence-electron chi connectivity index (χ2n) is 5.05. The number of primary amides is 1. The Morgan fingerprint density at radius 1 is 1.44 bits per heavy atom. The second kappa shape index (κ2) is 8.08. The van der Waals surface area contributed by atoms with Crippen molar-refractivity contribution in [2.24, 2.45) is 11.7 Å². The smallest absolute Gasteiger partial charge is 0.237 e. The average Bonchev–Trinajstić information content (AvgIpc) is 2.35. The third-order valence-electron chi connectivity index (χ3n) is 3.34. The van der Waals surface area contributed by atoms with Crippen LogP contribution >= 0.6 is 0 Å². The average molecular weight is 255 g/mol. The van der Waals surface area contributed by atoms with Crippen LogP contribution in [0.25, 0.3) is 0 Å². The van der Waals surface area contributed by atoms with Crippen molar-refractivity contribution in [3.8, 4) is 0 Å². The molecule has 1 fully saturated rings. The molecular weight excluding hydrogens is 230 g/mol. The molecule has 1 saturated heterocycles. The summed E-state index contributed by atoms with van der Waals surface area (Å²) in [4.78, 5) is 24.7. The standard InChI is InChI=1S/C13H25N3O2/c1-2-3-7-16(10-12(14)17)13(18)8-11-5-4-6-15-9-11/h11,15H,2-10H2,1H3,(H2,14,17). The van der Waals surface area contributed by atoms with Crippen molar-refractivity contribution in [1.29, 1.82) is 0 Å². The summed E-state index contributed by atoms with van der Waals surface area (Å²) in [5.74, 6) is 0.0421. The van der Waals surface area contributed by atoms with Gasteiger partial charge in [-0.05, 0) is 38.3 Å². The number of hydrogen-bond donors (Lipinski definition) is 2. The van der Waals surface area contributed by atoms with E-state index in [1.54, 1.807) is 4.90 Å². The first-order valence-corrected chi connectivity index (χ1v) is 6.90. The number of piperidine rings is 1. The fourth-order valence-corrected chi connectivity index (χ4v) is 2.30. The summed E-state index contributed by atoms with van der Waals surface area (Å²) in [5, 5.41) is 3.30. The zero-order valence-electron chi connectivity index (χ0n) is 11.3. The van der Waals surface area contributed by atoms with E-state index in [9.17, 15) is 9.59 Å². The summed E-state index contributed by atoms with van der Waals surface area (Å²) < 4.78 is 0. The number of carbonyl (C=O) groups excluding carboxylic acids is 2. The molecule has 0 bridgehead atoms. The lowest BCUT2D eigenvalue weighted by molar-refractivity contribution is -0.136. The molecule has 0 saturated carbocycles. The Morgan fingerprint density at radius 2 is 2.22 bits per heavy atom. The lowest BCUT2D eigenvalue weighted by atomic mass is 9.95. The topological polar surface area (TPSA) is 75.4 Å². The van der Waals surface area contributed by atoms with Crippen LogP contribution in [0.2, 0.25) is 0 Å². The number of nitrogens with zero attached hydrogens (tertiary/aromatic N) is 1. The molecule has 1 atom stereocenters. The van der Waals surface area contributed by atoms with E-state index in [-0.39, 0.29) is 12.5 Å². The molecule has 1 heterocycles. The summed E-state index contributed by atoms with van der Waals surface area (Å²) in [7, 11) is 0. The van der Waals surface area contributed by atoms with E-state index in [0.29, 0.717) is 18.9 Å². The van der Waals surface area contributed by atoms with Crippen molar-refractivity contribution < 1.29 is 9.59 Å². The first-order valence-electron chi connectivity index (χ1n) is 6.90. The molecule has 0 aromatic carbocycles. The highest BCUT2D eigenvalue weighted by Gasteiger charge is 2.21. The Hall–Kier alpha value is -1.10. The van der Waals surface area contributed by atoms with E-state index in [1.165, 1.54) is 0 Å². The molecule has 0 aromatic heterocycles. The largest absolute Gasteiger partial charge is 0.368 e. The summed E-state index contributed by atoms with van der Waals surface area (Å²) in [6.45, 7) is 4.71. The SMILES string of the molecule is CCCCN(CC(N)=O)C(=O)CC1CCCNC1. The summed E-state index contributed by atoms with van der Waals surface area (Å²) in [5.41, 5.74) is 5.19. The van der Waals surface area contributed by atoms with Crippen molar-refractivity contribution in [2.75, 3.05) is 26.2 Å². The number of nitrogens with two attached hydrogens (primary N) is 1. The minimum absolute atomic E-state index is 0.0545. The quantitative estimate of drug-likeness (QED) is 0.695. The molecule has 5 heteroatoms. The van der Waals surface area contributed by atoms with Crippen LogP contribution in [0, 0.1) is 5.92 Å². The number of hydrogen-bond acceptors (Lipinski definition) is 3. The maximum absolute atomic E-state index is 12.1. The lowest BCUT2D eigenvalue weighted by Gasteiger charge is -2.26. The molecule has 0 spiro atoms. The molecule has 1 unspecified atom stereocenters. The summed E-state index contributed by atoms with van der Waals surface area (Å²) >= 11 is 0. The van der Waals surface area contributed by atoms with Gasteiger partial charge in [-0.15, -0.1) is 0 Å². The van der Waals surface area contributed by atoms with Crippen LogP contribution in [0.4, 0.5) is 0 Å². The molecule has 0 radical (unpaired) electrons. The van der Waals surface area contributed by atoms with Gasteiger partial charge in [-0.25, -0.2) is 0 Å². The molecule has 18 heavy (non-hydrogen) atoms. The highest BCUT2D eigenvalue weighted by molar-refractivity contribution is 5.83. The van der Waals surface area contributed by atoms with E-state index < -0.39 is 5.91 Å². The first-order chi connectivity index (χ1) is 8.63. The number of nitrogens with one attached hydrogen (secondary N) is 1.